The summed E-state index contributed by atoms with van der Waals surface area (Å²) < 4.78 is 0. The van der Waals surface area contributed by atoms with E-state index in [1.54, 1.807) is 0 Å². The van der Waals surface area contributed by atoms with E-state index in [4.69, 9.17) is 0 Å². The third kappa shape index (κ3) is 12.3. The first-order chi connectivity index (χ1) is 10.9. The lowest BCUT2D eigenvalue weighted by Crippen LogP contribution is -3.00. The number of unbranched alkanes of at least 4 members (excludes halogenated alkanes) is 6. The maximum absolute atomic E-state index is 3.97. The van der Waals surface area contributed by atoms with Gasteiger partial charge in [0.05, 0.1) is 6.54 Å². The summed E-state index contributed by atoms with van der Waals surface area (Å²) in [5, 5.41) is 0. The second kappa shape index (κ2) is 16.1. The normalized spacial score (nSPS) is 11.7. The van der Waals surface area contributed by atoms with Crippen molar-refractivity contribution in [2.24, 2.45) is 5.92 Å². The molecule has 1 nitrogen and oxygen atoms in total. The number of halogens is 1. The van der Waals surface area contributed by atoms with Gasteiger partial charge in [-0.15, -0.1) is 6.58 Å². The summed E-state index contributed by atoms with van der Waals surface area (Å²) in [7, 11) is 0. The molecule has 0 aliphatic rings. The van der Waals surface area contributed by atoms with Crippen molar-refractivity contribution in [3.8, 4) is 0 Å². The van der Waals surface area contributed by atoms with Gasteiger partial charge < -0.3 is 18.1 Å². The van der Waals surface area contributed by atoms with Gasteiger partial charge in [0.25, 0.3) is 0 Å². The fourth-order valence-electron chi connectivity index (χ4n) is 3.05. The van der Waals surface area contributed by atoms with Crippen LogP contribution in [0.2, 0.25) is 0 Å². The van der Waals surface area contributed by atoms with E-state index in [1.165, 1.54) is 76.2 Å². The third-order valence-corrected chi connectivity index (χ3v) is 4.54. The molecule has 1 aromatic carbocycles. The van der Waals surface area contributed by atoms with Crippen molar-refractivity contribution < 1.29 is 18.1 Å². The average Bonchev–Trinajstić information content (AvgIpc) is 2.57. The highest BCUT2D eigenvalue weighted by Gasteiger charge is 2.03. The Kier molecular flexibility index (Phi) is 15.5. The van der Waals surface area contributed by atoms with E-state index in [0.29, 0.717) is 0 Å². The van der Waals surface area contributed by atoms with Gasteiger partial charge in [-0.05, 0) is 43.6 Å². The Morgan fingerprint density at radius 1 is 0.826 bits per heavy atom. The number of rotatable bonds is 14. The number of allylic oxidation sites excluding steroid dienone is 1. The summed E-state index contributed by atoms with van der Waals surface area (Å²) in [5.41, 5.74) is 5.41. The van der Waals surface area contributed by atoms with Gasteiger partial charge in [-0.25, -0.2) is 0 Å². The molecule has 0 heterocycles. The van der Waals surface area contributed by atoms with Crippen LogP contribution in [0, 0.1) is 5.92 Å². The Bertz CT molecular complexity index is 363. The van der Waals surface area contributed by atoms with Gasteiger partial charge in [-0.3, -0.25) is 0 Å². The molecule has 1 atom stereocenters. The molecule has 0 amide bonds. The van der Waals surface area contributed by atoms with Crippen LogP contribution in [0.15, 0.2) is 43.0 Å². The van der Waals surface area contributed by atoms with Gasteiger partial charge >= 0.3 is 0 Å². The molecule has 0 spiro atoms. The Morgan fingerprint density at radius 3 is 2.00 bits per heavy atom. The van der Waals surface area contributed by atoms with Crippen LogP contribution >= 0.6 is 0 Å². The van der Waals surface area contributed by atoms with E-state index in [9.17, 15) is 0 Å². The number of aryl methyl sites for hydroxylation is 1. The fraction of sp³-hybridized carbons (Fsp3) is 0.619. The average molecular weight is 338 g/mol. The molecule has 1 rings (SSSR count). The minimum absolute atomic E-state index is 0. The third-order valence-electron chi connectivity index (χ3n) is 4.54. The molecule has 2 heteroatoms. The second-order valence-electron chi connectivity index (χ2n) is 6.49. The van der Waals surface area contributed by atoms with Crippen LogP contribution < -0.4 is 18.1 Å². The fourth-order valence-corrected chi connectivity index (χ4v) is 3.05. The van der Waals surface area contributed by atoms with Crippen molar-refractivity contribution in [1.82, 2.24) is 0 Å². The first-order valence-electron chi connectivity index (χ1n) is 9.32. The van der Waals surface area contributed by atoms with Crippen LogP contribution in [0.3, 0.4) is 0 Å². The summed E-state index contributed by atoms with van der Waals surface area (Å²) in [6.45, 7) is 5.03. The van der Waals surface area contributed by atoms with Crippen LogP contribution in [0.5, 0.6) is 0 Å². The number of quaternary nitrogens is 1. The Morgan fingerprint density at radius 2 is 1.39 bits per heavy atom. The molecule has 3 N–H and O–H groups in total. The molecule has 0 aromatic heterocycles. The highest BCUT2D eigenvalue weighted by molar-refractivity contribution is 5.14. The highest BCUT2D eigenvalue weighted by atomic mass is 35.5. The summed E-state index contributed by atoms with van der Waals surface area (Å²) in [6, 6.07) is 10.9. The molecule has 0 fully saturated rings. The quantitative estimate of drug-likeness (QED) is 0.398. The number of benzene rings is 1. The smallest absolute Gasteiger partial charge is 0.0740 e. The molecule has 132 valence electrons. The zero-order chi connectivity index (χ0) is 15.9. The monoisotopic (exact) mass is 337 g/mol. The van der Waals surface area contributed by atoms with Crippen molar-refractivity contribution in [2.75, 3.05) is 6.54 Å². The van der Waals surface area contributed by atoms with E-state index < -0.39 is 0 Å². The number of hydrogen-bond acceptors (Lipinski definition) is 0. The first-order valence-corrected chi connectivity index (χ1v) is 9.32. The Balaban J connectivity index is 0.00000484. The molecule has 0 saturated carbocycles. The lowest BCUT2D eigenvalue weighted by Gasteiger charge is -2.10. The van der Waals surface area contributed by atoms with Crippen molar-refractivity contribution in [3.05, 3.63) is 48.6 Å². The van der Waals surface area contributed by atoms with Crippen LogP contribution in [-0.4, -0.2) is 6.54 Å². The molecular weight excluding hydrogens is 302 g/mol. The van der Waals surface area contributed by atoms with Crippen LogP contribution in [-0.2, 0) is 6.42 Å². The molecule has 0 aliphatic carbocycles. The van der Waals surface area contributed by atoms with Crippen molar-refractivity contribution in [1.29, 1.82) is 0 Å². The van der Waals surface area contributed by atoms with Crippen molar-refractivity contribution in [2.45, 2.75) is 70.6 Å². The zero-order valence-electron chi connectivity index (χ0n) is 14.8. The van der Waals surface area contributed by atoms with E-state index in [1.807, 2.05) is 0 Å². The maximum Gasteiger partial charge on any atom is 0.0740 e. The molecule has 23 heavy (non-hydrogen) atoms. The van der Waals surface area contributed by atoms with Gasteiger partial charge in [0.2, 0.25) is 0 Å². The predicted molar refractivity (Wildman–Crippen MR) is 97.8 cm³/mol. The van der Waals surface area contributed by atoms with Crippen LogP contribution in [0.1, 0.15) is 69.8 Å². The van der Waals surface area contributed by atoms with Crippen molar-refractivity contribution in [3.63, 3.8) is 0 Å². The SMILES string of the molecule is C=CC(CCC[NH3+])CCCCCCCCCc1ccccc1.[Cl-]. The van der Waals surface area contributed by atoms with E-state index in [0.717, 1.165) is 12.5 Å². The van der Waals surface area contributed by atoms with Crippen molar-refractivity contribution >= 4 is 0 Å². The summed E-state index contributed by atoms with van der Waals surface area (Å²) in [5.74, 6) is 0.729. The molecule has 0 bridgehead atoms. The van der Waals surface area contributed by atoms with Crippen LogP contribution in [0.25, 0.3) is 0 Å². The molecule has 1 unspecified atom stereocenters. The van der Waals surface area contributed by atoms with Gasteiger partial charge in [-0.1, -0.05) is 74.9 Å². The lowest BCUT2D eigenvalue weighted by atomic mass is 9.95. The van der Waals surface area contributed by atoms with E-state index >= 15 is 0 Å². The molecule has 1 aromatic rings. The molecular formula is C21H36ClN. The predicted octanol–water partition coefficient (Wildman–Crippen LogP) is 2.18. The largest absolute Gasteiger partial charge is 1.00 e. The summed E-state index contributed by atoms with van der Waals surface area (Å²) >= 11 is 0. The van der Waals surface area contributed by atoms with Gasteiger partial charge in [0.15, 0.2) is 0 Å². The lowest BCUT2D eigenvalue weighted by molar-refractivity contribution is -0.368. The Hall–Kier alpha value is -0.790. The standard InChI is InChI=1S/C21H35N.ClH/c1-2-20(18-13-19-22)14-9-6-4-3-5-7-10-15-21-16-11-8-12-17-21;/h2,8,11-12,16-17,20H,1,3-7,9-10,13-15,18-19,22H2;1H. The van der Waals surface area contributed by atoms with Gasteiger partial charge in [0, 0.05) is 0 Å². The van der Waals surface area contributed by atoms with E-state index in [-0.39, 0.29) is 12.4 Å². The van der Waals surface area contributed by atoms with Gasteiger partial charge in [-0.2, -0.15) is 0 Å². The van der Waals surface area contributed by atoms with E-state index in [2.05, 4.69) is 48.7 Å². The molecule has 0 aliphatic heterocycles. The maximum atomic E-state index is 3.97. The first kappa shape index (κ1) is 22.2. The molecule has 0 saturated heterocycles. The zero-order valence-corrected chi connectivity index (χ0v) is 15.6. The second-order valence-corrected chi connectivity index (χ2v) is 6.49. The van der Waals surface area contributed by atoms with Crippen LogP contribution in [0.4, 0.5) is 0 Å². The minimum Gasteiger partial charge on any atom is -1.00 e. The topological polar surface area (TPSA) is 27.6 Å². The Labute approximate surface area is 150 Å². The molecule has 0 radical (unpaired) electrons. The van der Waals surface area contributed by atoms with Gasteiger partial charge in [0.1, 0.15) is 0 Å². The number of hydrogen-bond donors (Lipinski definition) is 1. The summed E-state index contributed by atoms with van der Waals surface area (Å²) in [6.07, 6.45) is 17.0. The minimum atomic E-state index is 0. The highest BCUT2D eigenvalue weighted by Crippen LogP contribution is 2.17. The summed E-state index contributed by atoms with van der Waals surface area (Å²) in [4.78, 5) is 0.